The van der Waals surface area contributed by atoms with Crippen LogP contribution in [0, 0.1) is 13.8 Å². The van der Waals surface area contributed by atoms with Crippen LogP contribution in [-0.2, 0) is 0 Å². The maximum Gasteiger partial charge on any atom is -0.0110 e. The Hall–Kier alpha value is -0.350. The lowest BCUT2D eigenvalue weighted by Gasteiger charge is -2.34. The van der Waals surface area contributed by atoms with E-state index in [4.69, 9.17) is 0 Å². The van der Waals surface area contributed by atoms with Gasteiger partial charge in [0.1, 0.15) is 0 Å². The lowest BCUT2D eigenvalue weighted by atomic mass is 9.90. The van der Waals surface area contributed by atoms with Gasteiger partial charge in [0.15, 0.2) is 0 Å². The quantitative estimate of drug-likeness (QED) is 0.668. The molecule has 0 saturated heterocycles. The van der Waals surface area contributed by atoms with E-state index in [2.05, 4.69) is 39.0 Å². The molecule has 2 rings (SSSR count). The molecule has 0 nitrogen and oxygen atoms in total. The largest absolute Gasteiger partial charge is 0.0840 e. The molecule has 1 aromatic rings. The highest BCUT2D eigenvalue weighted by Gasteiger charge is 2.27. The van der Waals surface area contributed by atoms with Crippen LogP contribution in [0.1, 0.15) is 50.2 Å². The first-order chi connectivity index (χ1) is 7.61. The van der Waals surface area contributed by atoms with Gasteiger partial charge in [-0.2, -0.15) is 0 Å². The van der Waals surface area contributed by atoms with E-state index in [1.165, 1.54) is 43.2 Å². The first kappa shape index (κ1) is 12.1. The van der Waals surface area contributed by atoms with Gasteiger partial charge in [-0.25, -0.2) is 0 Å². The molecule has 0 aromatic heterocycles. The van der Waals surface area contributed by atoms with Crippen molar-refractivity contribution in [2.45, 2.75) is 58.0 Å². The van der Waals surface area contributed by atoms with Crippen molar-refractivity contribution in [2.24, 2.45) is 0 Å². The molecule has 1 fully saturated rings. The van der Waals surface area contributed by atoms with Gasteiger partial charge in [-0.1, -0.05) is 53.0 Å². The summed E-state index contributed by atoms with van der Waals surface area (Å²) in [5.41, 5.74) is 2.97. The third kappa shape index (κ3) is 2.66. The molecule has 1 aliphatic carbocycles. The van der Waals surface area contributed by atoms with Gasteiger partial charge < -0.3 is 0 Å². The lowest BCUT2D eigenvalue weighted by molar-refractivity contribution is 0.419. The molecule has 0 amide bonds. The first-order valence-electron chi connectivity index (χ1n) is 6.45. The monoisotopic (exact) mass is 234 g/mol. The Morgan fingerprint density at radius 3 is 2.44 bits per heavy atom. The van der Waals surface area contributed by atoms with Crippen LogP contribution in [0.15, 0.2) is 18.2 Å². The molecule has 1 aliphatic rings. The fourth-order valence-corrected chi connectivity index (χ4v) is 4.49. The van der Waals surface area contributed by atoms with Crippen molar-refractivity contribution in [3.05, 3.63) is 29.3 Å². The first-order valence-corrected chi connectivity index (χ1v) is 7.45. The van der Waals surface area contributed by atoms with Gasteiger partial charge in [-0.05, 0) is 48.3 Å². The Labute approximate surface area is 102 Å². The van der Waals surface area contributed by atoms with Crippen molar-refractivity contribution in [3.8, 4) is 0 Å². The van der Waals surface area contributed by atoms with Crippen molar-refractivity contribution >= 4 is 13.9 Å². The lowest BCUT2D eigenvalue weighted by Crippen LogP contribution is -2.25. The second-order valence-corrected chi connectivity index (χ2v) is 7.49. The van der Waals surface area contributed by atoms with E-state index in [0.717, 1.165) is 8.58 Å². The van der Waals surface area contributed by atoms with E-state index in [1.54, 1.807) is 5.30 Å². The summed E-state index contributed by atoms with van der Waals surface area (Å²) >= 11 is 0. The molecule has 0 spiro atoms. The molecule has 0 N–H and O–H groups in total. The molecule has 0 aliphatic heterocycles. The van der Waals surface area contributed by atoms with Gasteiger partial charge >= 0.3 is 0 Å². The van der Waals surface area contributed by atoms with Crippen molar-refractivity contribution in [3.63, 3.8) is 0 Å². The molecular weight excluding hydrogens is 211 g/mol. The van der Waals surface area contributed by atoms with E-state index in [0.29, 0.717) is 5.16 Å². The zero-order valence-electron chi connectivity index (χ0n) is 10.8. The number of hydrogen-bond donors (Lipinski definition) is 0. The standard InChI is InChI=1S/C15H23P/c1-12-8-7-9-14(13(12)2)16-15(3)10-5-4-6-11-15/h7-9,16H,4-6,10-11H2,1-3H3. The maximum absolute atomic E-state index is 2.49. The van der Waals surface area contributed by atoms with Gasteiger partial charge in [0.2, 0.25) is 0 Å². The third-order valence-corrected chi connectivity index (χ3v) is 5.91. The Balaban J connectivity index is 2.16. The SMILES string of the molecule is Cc1cccc(PC2(C)CCCCC2)c1C. The van der Waals surface area contributed by atoms with Crippen molar-refractivity contribution in [1.82, 2.24) is 0 Å². The Bertz CT molecular complexity index is 362. The van der Waals surface area contributed by atoms with Gasteiger partial charge in [-0.3, -0.25) is 0 Å². The molecule has 0 bridgehead atoms. The minimum Gasteiger partial charge on any atom is -0.0840 e. The van der Waals surface area contributed by atoms with Crippen LogP contribution in [-0.4, -0.2) is 5.16 Å². The van der Waals surface area contributed by atoms with Crippen LogP contribution < -0.4 is 5.30 Å². The summed E-state index contributed by atoms with van der Waals surface area (Å²) in [4.78, 5) is 0. The van der Waals surface area contributed by atoms with Crippen molar-refractivity contribution in [1.29, 1.82) is 0 Å². The zero-order valence-corrected chi connectivity index (χ0v) is 11.8. The third-order valence-electron chi connectivity index (χ3n) is 4.00. The van der Waals surface area contributed by atoms with Gasteiger partial charge in [-0.15, -0.1) is 0 Å². The predicted octanol–water partition coefficient (Wildman–Crippen LogP) is 4.33. The molecule has 1 atom stereocenters. The van der Waals surface area contributed by atoms with Crippen LogP contribution in [0.25, 0.3) is 0 Å². The Kier molecular flexibility index (Phi) is 3.70. The number of hydrogen-bond acceptors (Lipinski definition) is 0. The molecule has 88 valence electrons. The molecular formula is C15H23P. The molecule has 1 unspecified atom stereocenters. The highest BCUT2D eigenvalue weighted by Crippen LogP contribution is 2.43. The average molecular weight is 234 g/mol. The summed E-state index contributed by atoms with van der Waals surface area (Å²) in [6.07, 6.45) is 7.19. The smallest absolute Gasteiger partial charge is 0.0110 e. The normalized spacial score (nSPS) is 20.4. The summed E-state index contributed by atoms with van der Waals surface area (Å²) < 4.78 is 0. The minimum absolute atomic E-state index is 0.594. The van der Waals surface area contributed by atoms with E-state index < -0.39 is 0 Å². The molecule has 0 radical (unpaired) electrons. The Morgan fingerprint density at radius 2 is 1.75 bits per heavy atom. The van der Waals surface area contributed by atoms with Crippen LogP contribution in [0.3, 0.4) is 0 Å². The molecule has 0 heterocycles. The van der Waals surface area contributed by atoms with Crippen LogP contribution >= 0.6 is 8.58 Å². The van der Waals surface area contributed by atoms with E-state index in [1.807, 2.05) is 0 Å². The van der Waals surface area contributed by atoms with E-state index in [-0.39, 0.29) is 0 Å². The second-order valence-electron chi connectivity index (χ2n) is 5.49. The van der Waals surface area contributed by atoms with Gasteiger partial charge in [0.25, 0.3) is 0 Å². The van der Waals surface area contributed by atoms with Gasteiger partial charge in [0.05, 0.1) is 0 Å². The van der Waals surface area contributed by atoms with Crippen molar-refractivity contribution in [2.75, 3.05) is 0 Å². The molecule has 1 heteroatoms. The zero-order chi connectivity index (χ0) is 11.6. The molecule has 1 aromatic carbocycles. The maximum atomic E-state index is 2.49. The summed E-state index contributed by atoms with van der Waals surface area (Å²) in [7, 11) is 1.00. The number of rotatable bonds is 2. The fraction of sp³-hybridized carbons (Fsp3) is 0.600. The second kappa shape index (κ2) is 4.88. The van der Waals surface area contributed by atoms with E-state index in [9.17, 15) is 0 Å². The highest BCUT2D eigenvalue weighted by molar-refractivity contribution is 7.49. The number of aryl methyl sites for hydroxylation is 1. The minimum atomic E-state index is 0.594. The number of benzene rings is 1. The fourth-order valence-electron chi connectivity index (χ4n) is 2.67. The topological polar surface area (TPSA) is 0 Å². The summed E-state index contributed by atoms with van der Waals surface area (Å²) in [5, 5.41) is 2.20. The highest BCUT2D eigenvalue weighted by atomic mass is 31.1. The van der Waals surface area contributed by atoms with Crippen molar-refractivity contribution < 1.29 is 0 Å². The predicted molar refractivity (Wildman–Crippen MR) is 75.4 cm³/mol. The van der Waals surface area contributed by atoms with Crippen LogP contribution in [0.2, 0.25) is 0 Å². The van der Waals surface area contributed by atoms with Crippen LogP contribution in [0.5, 0.6) is 0 Å². The van der Waals surface area contributed by atoms with Gasteiger partial charge in [0, 0.05) is 0 Å². The molecule has 1 saturated carbocycles. The Morgan fingerprint density at radius 1 is 1.06 bits per heavy atom. The average Bonchev–Trinajstić information content (AvgIpc) is 2.26. The summed E-state index contributed by atoms with van der Waals surface area (Å²) in [6.45, 7) is 7.00. The molecule has 16 heavy (non-hydrogen) atoms. The summed E-state index contributed by atoms with van der Waals surface area (Å²) in [5.74, 6) is 0. The van der Waals surface area contributed by atoms with E-state index >= 15 is 0 Å². The van der Waals surface area contributed by atoms with Crippen LogP contribution in [0.4, 0.5) is 0 Å². The summed E-state index contributed by atoms with van der Waals surface area (Å²) in [6, 6.07) is 6.78.